The second-order valence-electron chi connectivity index (χ2n) is 6.37. The Morgan fingerprint density at radius 3 is 3.05 bits per heavy atom. The molecule has 1 saturated carbocycles. The molecule has 0 saturated heterocycles. The molecule has 2 N–H and O–H groups in total. The van der Waals surface area contributed by atoms with Crippen molar-refractivity contribution < 1.29 is 9.90 Å². The van der Waals surface area contributed by atoms with Crippen LogP contribution in [0.2, 0.25) is 0 Å². The van der Waals surface area contributed by atoms with Gasteiger partial charge in [-0.2, -0.15) is 0 Å². The average molecular weight is 293 g/mol. The van der Waals surface area contributed by atoms with Gasteiger partial charge >= 0.3 is 0 Å². The van der Waals surface area contributed by atoms with Crippen molar-refractivity contribution in [1.29, 1.82) is 0 Å². The number of fused-ring (bicyclic) bond motifs is 1. The summed E-state index contributed by atoms with van der Waals surface area (Å²) in [7, 11) is 0. The maximum absolute atomic E-state index is 12.3. The van der Waals surface area contributed by atoms with Crippen molar-refractivity contribution in [2.75, 3.05) is 6.54 Å². The zero-order chi connectivity index (χ0) is 14.1. The van der Waals surface area contributed by atoms with Crippen LogP contribution in [0, 0.1) is 11.8 Å². The topological polar surface area (TPSA) is 49.3 Å². The smallest absolute Gasteiger partial charge is 0.252 e. The van der Waals surface area contributed by atoms with Crippen molar-refractivity contribution in [2.24, 2.45) is 11.8 Å². The van der Waals surface area contributed by atoms with E-state index >= 15 is 0 Å². The molecule has 110 valence electrons. The SMILES string of the molecule is CC1CCc2c(C(=O)NCC3CCCC3O)csc2C1. The van der Waals surface area contributed by atoms with E-state index in [2.05, 4.69) is 12.2 Å². The first kappa shape index (κ1) is 14.1. The van der Waals surface area contributed by atoms with Crippen molar-refractivity contribution in [3.63, 3.8) is 0 Å². The Labute approximate surface area is 124 Å². The number of nitrogens with one attached hydrogen (secondary N) is 1. The van der Waals surface area contributed by atoms with E-state index in [9.17, 15) is 9.90 Å². The Balaban J connectivity index is 1.63. The van der Waals surface area contributed by atoms with Gasteiger partial charge in [-0.15, -0.1) is 11.3 Å². The normalized spacial score (nSPS) is 29.2. The largest absolute Gasteiger partial charge is 0.393 e. The Morgan fingerprint density at radius 1 is 1.45 bits per heavy atom. The molecule has 0 spiro atoms. The van der Waals surface area contributed by atoms with E-state index in [0.717, 1.165) is 43.6 Å². The highest BCUT2D eigenvalue weighted by molar-refractivity contribution is 7.10. The number of hydrogen-bond acceptors (Lipinski definition) is 3. The zero-order valence-electron chi connectivity index (χ0n) is 12.0. The maximum Gasteiger partial charge on any atom is 0.252 e. The molecule has 2 aliphatic rings. The number of thiophene rings is 1. The minimum Gasteiger partial charge on any atom is -0.393 e. The summed E-state index contributed by atoms with van der Waals surface area (Å²) in [6, 6.07) is 0. The van der Waals surface area contributed by atoms with Crippen molar-refractivity contribution in [2.45, 2.75) is 51.6 Å². The van der Waals surface area contributed by atoms with E-state index in [-0.39, 0.29) is 17.9 Å². The molecule has 1 aromatic heterocycles. The van der Waals surface area contributed by atoms with Crippen LogP contribution in [-0.2, 0) is 12.8 Å². The van der Waals surface area contributed by atoms with Gasteiger partial charge in [0.05, 0.1) is 11.7 Å². The van der Waals surface area contributed by atoms with Crippen LogP contribution in [0.15, 0.2) is 5.38 Å². The minimum absolute atomic E-state index is 0.0520. The molecule has 1 aromatic rings. The Hall–Kier alpha value is -0.870. The molecule has 0 aliphatic heterocycles. The van der Waals surface area contributed by atoms with Gasteiger partial charge < -0.3 is 10.4 Å². The lowest BCUT2D eigenvalue weighted by atomic mass is 9.88. The lowest BCUT2D eigenvalue weighted by molar-refractivity contribution is 0.0916. The van der Waals surface area contributed by atoms with Gasteiger partial charge in [-0.05, 0) is 43.6 Å². The Morgan fingerprint density at radius 2 is 2.30 bits per heavy atom. The predicted octanol–water partition coefficient (Wildman–Crippen LogP) is 2.76. The summed E-state index contributed by atoms with van der Waals surface area (Å²) in [4.78, 5) is 13.7. The average Bonchev–Trinajstić information content (AvgIpc) is 3.02. The fraction of sp³-hybridized carbons (Fsp3) is 0.688. The fourth-order valence-corrected chi connectivity index (χ4v) is 4.69. The molecule has 0 radical (unpaired) electrons. The minimum atomic E-state index is -0.229. The van der Waals surface area contributed by atoms with Crippen LogP contribution in [0.3, 0.4) is 0 Å². The number of carbonyl (C=O) groups excluding carboxylic acids is 1. The highest BCUT2D eigenvalue weighted by atomic mass is 32.1. The van der Waals surface area contributed by atoms with Crippen LogP contribution >= 0.6 is 11.3 Å². The fourth-order valence-electron chi connectivity index (χ4n) is 3.44. The molecule has 3 nitrogen and oxygen atoms in total. The van der Waals surface area contributed by atoms with Gasteiger partial charge in [0.15, 0.2) is 0 Å². The summed E-state index contributed by atoms with van der Waals surface area (Å²) < 4.78 is 0. The van der Waals surface area contributed by atoms with E-state index < -0.39 is 0 Å². The quantitative estimate of drug-likeness (QED) is 0.900. The molecule has 1 fully saturated rings. The first-order valence-electron chi connectivity index (χ1n) is 7.70. The Kier molecular flexibility index (Phi) is 4.13. The number of carbonyl (C=O) groups is 1. The van der Waals surface area contributed by atoms with Gasteiger partial charge in [-0.3, -0.25) is 4.79 Å². The number of aliphatic hydroxyl groups excluding tert-OH is 1. The highest BCUT2D eigenvalue weighted by Gasteiger charge is 2.27. The standard InChI is InChI=1S/C16H23NO2S/c1-10-5-6-12-13(9-20-15(12)7-10)16(19)17-8-11-3-2-4-14(11)18/h9-11,14,18H,2-8H2,1H3,(H,17,19). The van der Waals surface area contributed by atoms with Crippen LogP contribution in [0.1, 0.15) is 53.4 Å². The molecular weight excluding hydrogens is 270 g/mol. The van der Waals surface area contributed by atoms with E-state index in [1.54, 1.807) is 11.3 Å². The second-order valence-corrected chi connectivity index (χ2v) is 7.33. The molecule has 0 bridgehead atoms. The second kappa shape index (κ2) is 5.86. The monoisotopic (exact) mass is 293 g/mol. The summed E-state index contributed by atoms with van der Waals surface area (Å²) in [6.45, 7) is 2.89. The molecule has 3 atom stereocenters. The zero-order valence-corrected chi connectivity index (χ0v) is 12.8. The Bertz CT molecular complexity index is 497. The molecule has 3 unspecified atom stereocenters. The van der Waals surface area contributed by atoms with Crippen molar-refractivity contribution in [3.8, 4) is 0 Å². The van der Waals surface area contributed by atoms with Crippen molar-refractivity contribution in [1.82, 2.24) is 5.32 Å². The van der Waals surface area contributed by atoms with Gasteiger partial charge in [-0.1, -0.05) is 13.3 Å². The molecular formula is C16H23NO2S. The van der Waals surface area contributed by atoms with Gasteiger partial charge in [-0.25, -0.2) is 0 Å². The summed E-state index contributed by atoms with van der Waals surface area (Å²) in [6.07, 6.45) is 6.10. The third-order valence-corrected chi connectivity index (χ3v) is 5.84. The molecule has 2 aliphatic carbocycles. The molecule has 0 aromatic carbocycles. The van der Waals surface area contributed by atoms with Gasteiger partial charge in [0.25, 0.3) is 5.91 Å². The number of aliphatic hydroxyl groups is 1. The van der Waals surface area contributed by atoms with E-state index in [4.69, 9.17) is 0 Å². The molecule has 3 rings (SSSR count). The van der Waals surface area contributed by atoms with E-state index in [1.807, 2.05) is 5.38 Å². The lowest BCUT2D eigenvalue weighted by Gasteiger charge is -2.19. The molecule has 1 amide bonds. The van der Waals surface area contributed by atoms with E-state index in [1.165, 1.54) is 16.9 Å². The highest BCUT2D eigenvalue weighted by Crippen LogP contribution is 2.33. The van der Waals surface area contributed by atoms with Gasteiger partial charge in [0.1, 0.15) is 0 Å². The first-order chi connectivity index (χ1) is 9.65. The lowest BCUT2D eigenvalue weighted by Crippen LogP contribution is -2.32. The summed E-state index contributed by atoms with van der Waals surface area (Å²) in [5.74, 6) is 1.04. The number of amides is 1. The number of hydrogen-bond donors (Lipinski definition) is 2. The maximum atomic E-state index is 12.3. The van der Waals surface area contributed by atoms with Gasteiger partial charge in [0.2, 0.25) is 0 Å². The molecule has 1 heterocycles. The van der Waals surface area contributed by atoms with Crippen molar-refractivity contribution >= 4 is 17.2 Å². The van der Waals surface area contributed by atoms with Crippen LogP contribution in [0.5, 0.6) is 0 Å². The van der Waals surface area contributed by atoms with Crippen molar-refractivity contribution in [3.05, 3.63) is 21.4 Å². The van der Waals surface area contributed by atoms with Gasteiger partial charge in [0, 0.05) is 22.7 Å². The van der Waals surface area contributed by atoms with Crippen LogP contribution in [-0.4, -0.2) is 23.7 Å². The summed E-state index contributed by atoms with van der Waals surface area (Å²) in [5, 5.41) is 14.8. The number of rotatable bonds is 3. The predicted molar refractivity (Wildman–Crippen MR) is 81.2 cm³/mol. The summed E-state index contributed by atoms with van der Waals surface area (Å²) >= 11 is 1.73. The summed E-state index contributed by atoms with van der Waals surface area (Å²) in [5.41, 5.74) is 2.15. The first-order valence-corrected chi connectivity index (χ1v) is 8.58. The third-order valence-electron chi connectivity index (χ3n) is 4.79. The van der Waals surface area contributed by atoms with E-state index in [0.29, 0.717) is 6.54 Å². The molecule has 20 heavy (non-hydrogen) atoms. The van der Waals surface area contributed by atoms with Crippen LogP contribution in [0.4, 0.5) is 0 Å². The third kappa shape index (κ3) is 2.77. The molecule has 4 heteroatoms. The van der Waals surface area contributed by atoms with Crippen LogP contribution < -0.4 is 5.32 Å². The van der Waals surface area contributed by atoms with Crippen LogP contribution in [0.25, 0.3) is 0 Å².